The van der Waals surface area contributed by atoms with Gasteiger partial charge in [-0.1, -0.05) is 54.1 Å². The van der Waals surface area contributed by atoms with Gasteiger partial charge in [-0.3, -0.25) is 9.59 Å². The molecule has 4 N–H and O–H groups in total. The zero-order valence-electron chi connectivity index (χ0n) is 16.7. The van der Waals surface area contributed by atoms with Crippen molar-refractivity contribution in [2.45, 2.75) is 13.0 Å². The average Bonchev–Trinajstić information content (AvgIpc) is 2.72. The number of hydrogen-bond donors (Lipinski definition) is 4. The third-order valence-electron chi connectivity index (χ3n) is 5.31. The minimum Gasteiger partial charge on any atom is -0.345 e. The van der Waals surface area contributed by atoms with Crippen LogP contribution in [0.4, 0.5) is 5.69 Å². The third kappa shape index (κ3) is 6.56. The molecule has 1 aliphatic rings. The lowest BCUT2D eigenvalue weighted by Gasteiger charge is -2.29. The lowest BCUT2D eigenvalue weighted by Crippen LogP contribution is -3.28. The van der Waals surface area contributed by atoms with Gasteiger partial charge in [0.15, 0.2) is 13.1 Å². The maximum absolute atomic E-state index is 12.4. The van der Waals surface area contributed by atoms with Crippen molar-refractivity contribution in [3.63, 3.8) is 0 Å². The molecule has 6 nitrogen and oxygen atoms in total. The van der Waals surface area contributed by atoms with E-state index < -0.39 is 0 Å². The molecule has 1 heterocycles. The fourth-order valence-corrected chi connectivity index (χ4v) is 3.82. The molecule has 2 aromatic rings. The van der Waals surface area contributed by atoms with Crippen LogP contribution in [0.1, 0.15) is 18.5 Å². The maximum atomic E-state index is 12.4. The number of carbonyl (C=O) groups is 2. The van der Waals surface area contributed by atoms with E-state index in [-0.39, 0.29) is 17.9 Å². The molecule has 1 aliphatic heterocycles. The molecule has 0 aromatic heterocycles. The molecule has 0 aliphatic carbocycles. The fraction of sp³-hybridized carbons (Fsp3) is 0.364. The van der Waals surface area contributed by atoms with Crippen molar-refractivity contribution in [1.29, 1.82) is 0 Å². The van der Waals surface area contributed by atoms with Gasteiger partial charge in [0.25, 0.3) is 11.8 Å². The summed E-state index contributed by atoms with van der Waals surface area (Å²) in [5, 5.41) is 6.49. The predicted octanol–water partition coefficient (Wildman–Crippen LogP) is -0.0607. The van der Waals surface area contributed by atoms with E-state index >= 15 is 0 Å². The lowest BCUT2D eigenvalue weighted by molar-refractivity contribution is -1.00. The highest BCUT2D eigenvalue weighted by molar-refractivity contribution is 6.33. The Labute approximate surface area is 176 Å². The van der Waals surface area contributed by atoms with Gasteiger partial charge in [0.1, 0.15) is 26.2 Å². The normalized spacial score (nSPS) is 19.9. The second-order valence-corrected chi connectivity index (χ2v) is 7.99. The Hall–Kier alpha value is -2.41. The summed E-state index contributed by atoms with van der Waals surface area (Å²) in [6.07, 6.45) is 0. The van der Waals surface area contributed by atoms with Crippen LogP contribution < -0.4 is 20.4 Å². The van der Waals surface area contributed by atoms with Crippen LogP contribution in [0.2, 0.25) is 5.02 Å². The van der Waals surface area contributed by atoms with Gasteiger partial charge in [0.05, 0.1) is 16.8 Å². The van der Waals surface area contributed by atoms with Gasteiger partial charge in [0.2, 0.25) is 0 Å². The molecule has 3 rings (SSSR count). The summed E-state index contributed by atoms with van der Waals surface area (Å²) in [5.74, 6) is 0.0299. The van der Waals surface area contributed by atoms with Crippen molar-refractivity contribution < 1.29 is 19.4 Å². The molecule has 2 amide bonds. The van der Waals surface area contributed by atoms with Gasteiger partial charge in [-0.05, 0) is 24.6 Å². The van der Waals surface area contributed by atoms with Crippen molar-refractivity contribution in [3.05, 3.63) is 65.2 Å². The van der Waals surface area contributed by atoms with Crippen LogP contribution in [-0.4, -0.2) is 51.1 Å². The Morgan fingerprint density at radius 1 is 0.897 bits per heavy atom. The van der Waals surface area contributed by atoms with E-state index in [1.807, 2.05) is 49.4 Å². The van der Waals surface area contributed by atoms with Crippen LogP contribution in [0.5, 0.6) is 0 Å². The second-order valence-electron chi connectivity index (χ2n) is 7.58. The third-order valence-corrected chi connectivity index (χ3v) is 5.64. The van der Waals surface area contributed by atoms with Crippen molar-refractivity contribution in [2.24, 2.45) is 0 Å². The highest BCUT2D eigenvalue weighted by Crippen LogP contribution is 2.19. The summed E-state index contributed by atoms with van der Waals surface area (Å²) in [4.78, 5) is 27.2. The zero-order chi connectivity index (χ0) is 20.6. The van der Waals surface area contributed by atoms with Gasteiger partial charge in [-0.25, -0.2) is 0 Å². The first-order valence-electron chi connectivity index (χ1n) is 10.1. The summed E-state index contributed by atoms with van der Waals surface area (Å²) < 4.78 is 0. The number of halogens is 1. The average molecular weight is 417 g/mol. The quantitative estimate of drug-likeness (QED) is 0.511. The van der Waals surface area contributed by atoms with E-state index in [2.05, 4.69) is 10.6 Å². The molecule has 1 atom stereocenters. The Balaban J connectivity index is 1.38. The molecule has 0 saturated carbocycles. The van der Waals surface area contributed by atoms with Crippen LogP contribution in [-0.2, 0) is 9.59 Å². The van der Waals surface area contributed by atoms with E-state index in [9.17, 15) is 9.59 Å². The Kier molecular flexibility index (Phi) is 7.63. The van der Waals surface area contributed by atoms with Crippen molar-refractivity contribution in [1.82, 2.24) is 5.32 Å². The largest absolute Gasteiger partial charge is 0.345 e. The smallest absolute Gasteiger partial charge is 0.279 e. The Bertz CT molecular complexity index is 823. The first-order chi connectivity index (χ1) is 14.0. The first kappa shape index (κ1) is 21.3. The number of piperazine rings is 1. The van der Waals surface area contributed by atoms with E-state index in [1.165, 1.54) is 9.80 Å². The monoisotopic (exact) mass is 416 g/mol. The molecule has 154 valence electrons. The molecule has 0 radical (unpaired) electrons. The molecule has 0 unspecified atom stereocenters. The molecule has 2 aromatic carbocycles. The highest BCUT2D eigenvalue weighted by atomic mass is 35.5. The molecular formula is C22H29ClN4O2+2. The number of para-hydroxylation sites is 1. The predicted molar refractivity (Wildman–Crippen MR) is 114 cm³/mol. The SMILES string of the molecule is C[C@H](NC(=O)C[NH+]1CC[NH+](CC(=O)Nc2ccccc2Cl)CC1)c1ccccc1. The lowest BCUT2D eigenvalue weighted by atomic mass is 10.1. The Morgan fingerprint density at radius 2 is 1.45 bits per heavy atom. The standard InChI is InChI=1S/C22H27ClN4O2/c1-17(18-7-3-2-4-8-18)24-21(28)15-26-11-13-27(14-12-26)16-22(29)25-20-10-6-5-9-19(20)23/h2-10,17H,11-16H2,1H3,(H,24,28)(H,25,29)/p+2/t17-/m0/s1. The number of hydrogen-bond acceptors (Lipinski definition) is 2. The molecule has 7 heteroatoms. The number of nitrogens with one attached hydrogen (secondary N) is 4. The van der Waals surface area contributed by atoms with Crippen LogP contribution in [0, 0.1) is 0 Å². The van der Waals surface area contributed by atoms with E-state index in [1.54, 1.807) is 12.1 Å². The van der Waals surface area contributed by atoms with Gasteiger partial charge in [0, 0.05) is 0 Å². The molecule has 1 fully saturated rings. The summed E-state index contributed by atoms with van der Waals surface area (Å²) in [6, 6.07) is 17.2. The summed E-state index contributed by atoms with van der Waals surface area (Å²) >= 11 is 6.09. The van der Waals surface area contributed by atoms with Crippen molar-refractivity contribution in [2.75, 3.05) is 44.6 Å². The topological polar surface area (TPSA) is 67.1 Å². The van der Waals surface area contributed by atoms with Gasteiger partial charge in [-0.2, -0.15) is 0 Å². The number of amides is 2. The number of anilines is 1. The number of quaternary nitrogens is 2. The molecule has 0 bridgehead atoms. The fourth-order valence-electron chi connectivity index (χ4n) is 3.64. The van der Waals surface area contributed by atoms with Crippen LogP contribution >= 0.6 is 11.6 Å². The van der Waals surface area contributed by atoms with E-state index in [4.69, 9.17) is 11.6 Å². The summed E-state index contributed by atoms with van der Waals surface area (Å²) in [5.41, 5.74) is 1.75. The van der Waals surface area contributed by atoms with Crippen molar-refractivity contribution in [3.8, 4) is 0 Å². The summed E-state index contributed by atoms with van der Waals surface area (Å²) in [7, 11) is 0. The molecule has 1 saturated heterocycles. The van der Waals surface area contributed by atoms with Gasteiger partial charge >= 0.3 is 0 Å². The zero-order valence-corrected chi connectivity index (χ0v) is 17.5. The highest BCUT2D eigenvalue weighted by Gasteiger charge is 2.26. The van der Waals surface area contributed by atoms with Crippen LogP contribution in [0.15, 0.2) is 54.6 Å². The second kappa shape index (κ2) is 10.4. The number of rotatable bonds is 7. The number of benzene rings is 2. The first-order valence-corrected chi connectivity index (χ1v) is 10.4. The van der Waals surface area contributed by atoms with Crippen molar-refractivity contribution >= 4 is 29.1 Å². The minimum atomic E-state index is -0.0361. The Morgan fingerprint density at radius 3 is 2.07 bits per heavy atom. The van der Waals surface area contributed by atoms with E-state index in [0.29, 0.717) is 23.8 Å². The van der Waals surface area contributed by atoms with E-state index in [0.717, 1.165) is 31.7 Å². The van der Waals surface area contributed by atoms with Gasteiger partial charge in [-0.15, -0.1) is 0 Å². The molecule has 0 spiro atoms. The van der Waals surface area contributed by atoms with Gasteiger partial charge < -0.3 is 20.4 Å². The summed E-state index contributed by atoms with van der Waals surface area (Å²) in [6.45, 7) is 6.37. The van der Waals surface area contributed by atoms with Crippen LogP contribution in [0.25, 0.3) is 0 Å². The molecular weight excluding hydrogens is 388 g/mol. The molecule has 29 heavy (non-hydrogen) atoms. The van der Waals surface area contributed by atoms with Crippen LogP contribution in [0.3, 0.4) is 0 Å². The number of carbonyl (C=O) groups excluding carboxylic acids is 2. The maximum Gasteiger partial charge on any atom is 0.279 e. The minimum absolute atomic E-state index is 0.00326.